The molecule has 3 rings (SSSR count). The number of carbonyl (C=O) groups excluding carboxylic acids is 2. The summed E-state index contributed by atoms with van der Waals surface area (Å²) >= 11 is 6.09. The fourth-order valence-corrected chi connectivity index (χ4v) is 2.75. The third kappa shape index (κ3) is 3.73. The molecule has 0 fully saturated rings. The van der Waals surface area contributed by atoms with Crippen LogP contribution in [0.1, 0.15) is 23.0 Å². The van der Waals surface area contributed by atoms with Crippen LogP contribution in [0.2, 0.25) is 5.02 Å². The molecule has 26 heavy (non-hydrogen) atoms. The molecule has 3 N–H and O–H groups in total. The Morgan fingerprint density at radius 2 is 1.88 bits per heavy atom. The summed E-state index contributed by atoms with van der Waals surface area (Å²) in [6, 6.07) is 11.7. The summed E-state index contributed by atoms with van der Waals surface area (Å²) in [5, 5.41) is 13.2. The molecule has 132 valence electrons. The van der Waals surface area contributed by atoms with Crippen LogP contribution in [0.5, 0.6) is 0 Å². The standard InChI is InChI=1S/C18H15ClN4O3/c1-10(24)21-11-6-7-15(19)14(8-11)17(25)20-9-16-12-4-2-3-5-13(12)18(26)23-22-16/h2-8H,9H2,1H3,(H,20,25)(H,21,24)(H,23,26). The smallest absolute Gasteiger partial charge is 0.272 e. The normalized spacial score (nSPS) is 10.5. The van der Waals surface area contributed by atoms with Crippen LogP contribution >= 0.6 is 11.6 Å². The highest BCUT2D eigenvalue weighted by atomic mass is 35.5. The predicted molar refractivity (Wildman–Crippen MR) is 99.3 cm³/mol. The average Bonchev–Trinajstić information content (AvgIpc) is 2.62. The summed E-state index contributed by atoms with van der Waals surface area (Å²) in [6.07, 6.45) is 0. The maximum absolute atomic E-state index is 12.5. The van der Waals surface area contributed by atoms with Gasteiger partial charge in [0.05, 0.1) is 28.2 Å². The molecule has 0 spiro atoms. The number of aromatic nitrogens is 2. The Bertz CT molecular complexity index is 1060. The molecular formula is C18H15ClN4O3. The van der Waals surface area contributed by atoms with Gasteiger partial charge in [0.2, 0.25) is 5.91 Å². The summed E-state index contributed by atoms with van der Waals surface area (Å²) in [6.45, 7) is 1.48. The number of hydrogen-bond acceptors (Lipinski definition) is 4. The number of H-pyrrole nitrogens is 1. The SMILES string of the molecule is CC(=O)Nc1ccc(Cl)c(C(=O)NCc2n[nH]c(=O)c3ccccc23)c1. The minimum atomic E-state index is -0.417. The molecule has 0 saturated heterocycles. The molecule has 1 aromatic heterocycles. The third-order valence-corrected chi connectivity index (χ3v) is 4.05. The van der Waals surface area contributed by atoms with Gasteiger partial charge in [-0.3, -0.25) is 14.4 Å². The lowest BCUT2D eigenvalue weighted by Crippen LogP contribution is -2.25. The van der Waals surface area contributed by atoms with E-state index in [1.165, 1.54) is 19.1 Å². The van der Waals surface area contributed by atoms with Crippen LogP contribution in [0.15, 0.2) is 47.3 Å². The van der Waals surface area contributed by atoms with Crippen LogP contribution in [0.4, 0.5) is 5.69 Å². The van der Waals surface area contributed by atoms with E-state index in [0.717, 1.165) is 0 Å². The molecular weight excluding hydrogens is 356 g/mol. The van der Waals surface area contributed by atoms with Crippen LogP contribution in [0, 0.1) is 0 Å². The summed E-state index contributed by atoms with van der Waals surface area (Å²) in [4.78, 5) is 35.4. The van der Waals surface area contributed by atoms with E-state index in [0.29, 0.717) is 22.2 Å². The number of fused-ring (bicyclic) bond motifs is 1. The van der Waals surface area contributed by atoms with Crippen molar-refractivity contribution in [2.45, 2.75) is 13.5 Å². The fraction of sp³-hybridized carbons (Fsp3) is 0.111. The van der Waals surface area contributed by atoms with Crippen LogP contribution in [-0.2, 0) is 11.3 Å². The Kier molecular flexibility index (Phi) is 4.99. The summed E-state index contributed by atoms with van der Waals surface area (Å²) < 4.78 is 0. The van der Waals surface area contributed by atoms with Crippen molar-refractivity contribution in [3.8, 4) is 0 Å². The van der Waals surface area contributed by atoms with Crippen LogP contribution in [0.25, 0.3) is 10.8 Å². The van der Waals surface area contributed by atoms with Gasteiger partial charge in [0, 0.05) is 18.0 Å². The zero-order chi connectivity index (χ0) is 18.7. The number of benzene rings is 2. The molecule has 0 radical (unpaired) electrons. The van der Waals surface area contributed by atoms with Crippen molar-refractivity contribution in [2.75, 3.05) is 5.32 Å². The maximum atomic E-state index is 12.5. The molecule has 8 heteroatoms. The first-order valence-electron chi connectivity index (χ1n) is 7.77. The van der Waals surface area contributed by atoms with Gasteiger partial charge in [0.1, 0.15) is 0 Å². The molecule has 0 aliphatic heterocycles. The predicted octanol–water partition coefficient (Wildman–Crippen LogP) is 2.46. The van der Waals surface area contributed by atoms with E-state index in [1.807, 2.05) is 0 Å². The minimum Gasteiger partial charge on any atom is -0.346 e. The lowest BCUT2D eigenvalue weighted by molar-refractivity contribution is -0.114. The zero-order valence-electron chi connectivity index (χ0n) is 13.8. The van der Waals surface area contributed by atoms with Crippen molar-refractivity contribution in [3.63, 3.8) is 0 Å². The van der Waals surface area contributed by atoms with Crippen molar-refractivity contribution in [2.24, 2.45) is 0 Å². The number of rotatable bonds is 4. The van der Waals surface area contributed by atoms with Crippen LogP contribution in [-0.4, -0.2) is 22.0 Å². The first-order chi connectivity index (χ1) is 12.5. The minimum absolute atomic E-state index is 0.108. The molecule has 0 saturated carbocycles. The van der Waals surface area contributed by atoms with E-state index in [9.17, 15) is 14.4 Å². The van der Waals surface area contributed by atoms with E-state index in [4.69, 9.17) is 11.6 Å². The number of hydrogen-bond donors (Lipinski definition) is 3. The number of halogens is 1. The molecule has 3 aromatic rings. The second-order valence-corrected chi connectivity index (χ2v) is 6.01. The number of nitrogens with one attached hydrogen (secondary N) is 3. The zero-order valence-corrected chi connectivity index (χ0v) is 14.6. The Balaban J connectivity index is 1.83. The highest BCUT2D eigenvalue weighted by Gasteiger charge is 2.13. The molecule has 2 aromatic carbocycles. The van der Waals surface area contributed by atoms with Gasteiger partial charge in [0.25, 0.3) is 11.5 Å². The van der Waals surface area contributed by atoms with Crippen molar-refractivity contribution in [1.82, 2.24) is 15.5 Å². The molecule has 0 aliphatic carbocycles. The summed E-state index contributed by atoms with van der Waals surface area (Å²) in [5.41, 5.74) is 0.940. The van der Waals surface area contributed by atoms with E-state index in [1.54, 1.807) is 30.3 Å². The van der Waals surface area contributed by atoms with Gasteiger partial charge in [-0.25, -0.2) is 5.10 Å². The number of amides is 2. The largest absolute Gasteiger partial charge is 0.346 e. The third-order valence-electron chi connectivity index (χ3n) is 3.72. The topological polar surface area (TPSA) is 104 Å². The maximum Gasteiger partial charge on any atom is 0.272 e. The second-order valence-electron chi connectivity index (χ2n) is 5.60. The lowest BCUT2D eigenvalue weighted by Gasteiger charge is -2.10. The molecule has 0 bridgehead atoms. The van der Waals surface area contributed by atoms with Crippen molar-refractivity contribution < 1.29 is 9.59 Å². The Morgan fingerprint density at radius 3 is 2.62 bits per heavy atom. The highest BCUT2D eigenvalue weighted by molar-refractivity contribution is 6.34. The second kappa shape index (κ2) is 7.37. The average molecular weight is 371 g/mol. The monoisotopic (exact) mass is 370 g/mol. The molecule has 0 atom stereocenters. The van der Waals surface area contributed by atoms with Gasteiger partial charge in [-0.1, -0.05) is 29.8 Å². The molecule has 2 amide bonds. The first kappa shape index (κ1) is 17.6. The van der Waals surface area contributed by atoms with Gasteiger partial charge in [-0.2, -0.15) is 5.10 Å². The lowest BCUT2D eigenvalue weighted by atomic mass is 10.1. The summed E-state index contributed by atoms with van der Waals surface area (Å²) in [5.74, 6) is -0.665. The van der Waals surface area contributed by atoms with Gasteiger partial charge >= 0.3 is 0 Å². The molecule has 0 unspecified atom stereocenters. The van der Waals surface area contributed by atoms with Crippen LogP contribution < -0.4 is 16.2 Å². The van der Waals surface area contributed by atoms with Crippen LogP contribution in [0.3, 0.4) is 0 Å². The fourth-order valence-electron chi connectivity index (χ4n) is 2.55. The van der Waals surface area contributed by atoms with Crippen molar-refractivity contribution >= 4 is 39.9 Å². The highest BCUT2D eigenvalue weighted by Crippen LogP contribution is 2.21. The van der Waals surface area contributed by atoms with E-state index < -0.39 is 5.91 Å². The Labute approximate surface area is 153 Å². The number of anilines is 1. The molecule has 1 heterocycles. The first-order valence-corrected chi connectivity index (χ1v) is 8.15. The summed E-state index contributed by atoms with van der Waals surface area (Å²) in [7, 11) is 0. The Hall–Kier alpha value is -3.19. The van der Waals surface area contributed by atoms with Gasteiger partial charge in [0.15, 0.2) is 0 Å². The molecule has 7 nitrogen and oxygen atoms in total. The van der Waals surface area contributed by atoms with E-state index in [-0.39, 0.29) is 28.6 Å². The quantitative estimate of drug-likeness (QED) is 0.656. The van der Waals surface area contributed by atoms with Gasteiger partial charge in [-0.15, -0.1) is 0 Å². The van der Waals surface area contributed by atoms with Crippen molar-refractivity contribution in [3.05, 3.63) is 69.1 Å². The number of aromatic amines is 1. The van der Waals surface area contributed by atoms with Crippen molar-refractivity contribution in [1.29, 1.82) is 0 Å². The van der Waals surface area contributed by atoms with E-state index in [2.05, 4.69) is 20.8 Å². The van der Waals surface area contributed by atoms with Gasteiger partial charge in [-0.05, 0) is 24.3 Å². The number of carbonyl (C=O) groups is 2. The Morgan fingerprint density at radius 1 is 1.15 bits per heavy atom. The van der Waals surface area contributed by atoms with E-state index >= 15 is 0 Å². The molecule has 0 aliphatic rings. The number of nitrogens with zero attached hydrogens (tertiary/aromatic N) is 1. The van der Waals surface area contributed by atoms with Gasteiger partial charge < -0.3 is 10.6 Å².